The van der Waals surface area contributed by atoms with E-state index in [2.05, 4.69) is 4.72 Å². The fraction of sp³-hybridized carbons (Fsp3) is 0.455. The Morgan fingerprint density at radius 2 is 1.94 bits per heavy atom. The van der Waals surface area contributed by atoms with Crippen molar-refractivity contribution in [2.24, 2.45) is 5.92 Å². The van der Waals surface area contributed by atoms with Crippen LogP contribution in [0.2, 0.25) is 0 Å². The van der Waals surface area contributed by atoms with Gasteiger partial charge in [0.1, 0.15) is 0 Å². The van der Waals surface area contributed by atoms with Crippen LogP contribution in [-0.2, 0) is 10.0 Å². The molecule has 0 radical (unpaired) electrons. The highest BCUT2D eigenvalue weighted by Gasteiger charge is 2.30. The molecule has 0 aliphatic heterocycles. The van der Waals surface area contributed by atoms with Gasteiger partial charge in [0.15, 0.2) is 0 Å². The average molecular weight is 260 g/mol. The highest BCUT2D eigenvalue weighted by atomic mass is 35.5. The number of sulfonamides is 1. The van der Waals surface area contributed by atoms with E-state index < -0.39 is 10.0 Å². The molecule has 88 valence electrons. The van der Waals surface area contributed by atoms with Crippen LogP contribution in [0, 0.1) is 5.92 Å². The van der Waals surface area contributed by atoms with Crippen LogP contribution in [0.3, 0.4) is 0 Å². The van der Waals surface area contributed by atoms with Gasteiger partial charge in [0.05, 0.1) is 4.90 Å². The lowest BCUT2D eigenvalue weighted by Gasteiger charge is -2.10. The van der Waals surface area contributed by atoms with Crippen LogP contribution in [0.4, 0.5) is 0 Å². The summed E-state index contributed by atoms with van der Waals surface area (Å²) in [5.74, 6) is 0.486. The predicted molar refractivity (Wildman–Crippen MR) is 64.0 cm³/mol. The Balaban J connectivity index is 1.97. The third kappa shape index (κ3) is 2.97. The number of benzene rings is 1. The molecule has 0 amide bonds. The largest absolute Gasteiger partial charge is 0.240 e. The summed E-state index contributed by atoms with van der Waals surface area (Å²) >= 11 is 6.04. The number of hydrogen-bond donors (Lipinski definition) is 1. The molecular formula is C11H14ClNO2S. The smallest absolute Gasteiger partial charge is 0.210 e. The summed E-state index contributed by atoms with van der Waals surface area (Å²) < 4.78 is 26.2. The van der Waals surface area contributed by atoms with E-state index in [1.165, 1.54) is 0 Å². The lowest BCUT2D eigenvalue weighted by molar-refractivity contribution is 0.576. The van der Waals surface area contributed by atoms with Crippen molar-refractivity contribution in [1.29, 1.82) is 0 Å². The molecule has 1 saturated carbocycles. The van der Waals surface area contributed by atoms with Crippen LogP contribution in [-0.4, -0.2) is 20.3 Å². The van der Waals surface area contributed by atoms with Gasteiger partial charge in [0, 0.05) is 11.9 Å². The molecule has 0 heterocycles. The van der Waals surface area contributed by atoms with E-state index >= 15 is 0 Å². The average Bonchev–Trinajstić information content (AvgIpc) is 3.11. The van der Waals surface area contributed by atoms with Gasteiger partial charge in [-0.3, -0.25) is 0 Å². The van der Waals surface area contributed by atoms with Crippen molar-refractivity contribution >= 4 is 21.6 Å². The van der Waals surface area contributed by atoms with Gasteiger partial charge < -0.3 is 0 Å². The third-order valence-corrected chi connectivity index (χ3v) is 4.61. The molecule has 0 aromatic heterocycles. The Bertz CT molecular complexity index is 442. The van der Waals surface area contributed by atoms with Crippen molar-refractivity contribution in [3.8, 4) is 0 Å². The zero-order valence-electron chi connectivity index (χ0n) is 8.77. The lowest BCUT2D eigenvalue weighted by atomic mass is 10.3. The molecule has 1 atom stereocenters. The van der Waals surface area contributed by atoms with Gasteiger partial charge in [0.25, 0.3) is 0 Å². The summed E-state index contributed by atoms with van der Waals surface area (Å²) in [4.78, 5) is 0.287. The minimum Gasteiger partial charge on any atom is -0.210 e. The molecule has 0 bridgehead atoms. The van der Waals surface area contributed by atoms with Gasteiger partial charge in [-0.1, -0.05) is 18.2 Å². The fourth-order valence-electron chi connectivity index (χ4n) is 1.50. The van der Waals surface area contributed by atoms with Gasteiger partial charge in [-0.25, -0.2) is 13.1 Å². The molecule has 2 rings (SSSR count). The molecule has 1 aliphatic rings. The second-order valence-electron chi connectivity index (χ2n) is 4.02. The van der Waals surface area contributed by atoms with E-state index in [0.717, 1.165) is 12.8 Å². The Morgan fingerprint density at radius 3 is 2.50 bits per heavy atom. The maximum absolute atomic E-state index is 11.8. The van der Waals surface area contributed by atoms with Gasteiger partial charge in [0.2, 0.25) is 10.0 Å². The molecule has 1 unspecified atom stereocenters. The van der Waals surface area contributed by atoms with Crippen LogP contribution in [0.1, 0.15) is 12.8 Å². The maximum atomic E-state index is 11.8. The minimum absolute atomic E-state index is 0.0847. The van der Waals surface area contributed by atoms with E-state index in [1.54, 1.807) is 30.3 Å². The zero-order chi connectivity index (χ0) is 11.6. The molecular weight excluding hydrogens is 246 g/mol. The molecule has 16 heavy (non-hydrogen) atoms. The number of nitrogens with one attached hydrogen (secondary N) is 1. The number of halogens is 1. The van der Waals surface area contributed by atoms with Crippen molar-refractivity contribution in [1.82, 2.24) is 4.72 Å². The molecule has 5 heteroatoms. The van der Waals surface area contributed by atoms with Gasteiger partial charge in [-0.15, -0.1) is 11.6 Å². The number of rotatable bonds is 5. The summed E-state index contributed by atoms with van der Waals surface area (Å²) in [7, 11) is -3.40. The molecule has 3 nitrogen and oxygen atoms in total. The Kier molecular flexibility index (Phi) is 3.52. The van der Waals surface area contributed by atoms with Crippen molar-refractivity contribution in [2.75, 3.05) is 6.54 Å². The molecule has 0 saturated heterocycles. The molecule has 1 N–H and O–H groups in total. The Labute approximate surface area is 101 Å². The first-order valence-electron chi connectivity index (χ1n) is 5.28. The lowest BCUT2D eigenvalue weighted by Crippen LogP contribution is -2.30. The third-order valence-electron chi connectivity index (χ3n) is 2.66. The maximum Gasteiger partial charge on any atom is 0.240 e. The van der Waals surface area contributed by atoms with E-state index in [9.17, 15) is 8.42 Å². The minimum atomic E-state index is -3.40. The second-order valence-corrected chi connectivity index (χ2v) is 6.35. The number of hydrogen-bond acceptors (Lipinski definition) is 2. The standard InChI is InChI=1S/C11H14ClNO2S/c12-11(9-6-7-9)8-13-16(14,15)10-4-2-1-3-5-10/h1-5,9,11,13H,6-8H2. The number of alkyl halides is 1. The summed E-state index contributed by atoms with van der Waals surface area (Å²) in [6, 6.07) is 8.33. The van der Waals surface area contributed by atoms with Crippen LogP contribution < -0.4 is 4.72 Å². The fourth-order valence-corrected chi connectivity index (χ4v) is 3.00. The monoisotopic (exact) mass is 259 g/mol. The second kappa shape index (κ2) is 4.73. The van der Waals surface area contributed by atoms with Crippen molar-refractivity contribution < 1.29 is 8.42 Å². The van der Waals surface area contributed by atoms with Gasteiger partial charge in [-0.2, -0.15) is 0 Å². The predicted octanol–water partition coefficient (Wildman–Crippen LogP) is 1.98. The quantitative estimate of drug-likeness (QED) is 0.822. The highest BCUT2D eigenvalue weighted by Crippen LogP contribution is 2.35. The normalized spacial score (nSPS) is 18.3. The Morgan fingerprint density at radius 1 is 1.31 bits per heavy atom. The summed E-state index contributed by atoms with van der Waals surface area (Å²) in [6.45, 7) is 0.309. The van der Waals surface area contributed by atoms with Crippen LogP contribution >= 0.6 is 11.6 Å². The first-order valence-corrected chi connectivity index (χ1v) is 7.20. The van der Waals surface area contributed by atoms with E-state index in [-0.39, 0.29) is 10.3 Å². The Hall–Kier alpha value is -0.580. The first-order chi connectivity index (χ1) is 7.59. The molecule has 1 aromatic rings. The topological polar surface area (TPSA) is 46.2 Å². The van der Waals surface area contributed by atoms with Crippen molar-refractivity contribution in [3.63, 3.8) is 0 Å². The van der Waals surface area contributed by atoms with Gasteiger partial charge >= 0.3 is 0 Å². The van der Waals surface area contributed by atoms with Crippen LogP contribution in [0.15, 0.2) is 35.2 Å². The molecule has 0 spiro atoms. The van der Waals surface area contributed by atoms with Crippen molar-refractivity contribution in [3.05, 3.63) is 30.3 Å². The van der Waals surface area contributed by atoms with Crippen LogP contribution in [0.25, 0.3) is 0 Å². The molecule has 1 aromatic carbocycles. The van der Waals surface area contributed by atoms with E-state index in [0.29, 0.717) is 12.5 Å². The SMILES string of the molecule is O=S(=O)(NCC(Cl)C1CC1)c1ccccc1. The summed E-state index contributed by atoms with van der Waals surface area (Å²) in [6.07, 6.45) is 2.22. The summed E-state index contributed by atoms with van der Waals surface area (Å²) in [5, 5.41) is -0.0847. The van der Waals surface area contributed by atoms with Crippen LogP contribution in [0.5, 0.6) is 0 Å². The van der Waals surface area contributed by atoms with E-state index in [1.807, 2.05) is 0 Å². The molecule has 1 aliphatic carbocycles. The highest BCUT2D eigenvalue weighted by molar-refractivity contribution is 7.89. The zero-order valence-corrected chi connectivity index (χ0v) is 10.3. The molecule has 1 fully saturated rings. The van der Waals surface area contributed by atoms with Crippen molar-refractivity contribution in [2.45, 2.75) is 23.1 Å². The van der Waals surface area contributed by atoms with E-state index in [4.69, 9.17) is 11.6 Å². The van der Waals surface area contributed by atoms with Gasteiger partial charge in [-0.05, 0) is 30.9 Å². The first kappa shape index (κ1) is 11.9. The summed E-state index contributed by atoms with van der Waals surface area (Å²) in [5.41, 5.74) is 0.